The van der Waals surface area contributed by atoms with E-state index in [9.17, 15) is 0 Å². The van der Waals surface area contributed by atoms with Gasteiger partial charge >= 0.3 is 0 Å². The number of rotatable bonds is 3. The zero-order chi connectivity index (χ0) is 15.7. The summed E-state index contributed by atoms with van der Waals surface area (Å²) < 4.78 is 10.4. The summed E-state index contributed by atoms with van der Waals surface area (Å²) in [5.74, 6) is 2.29. The molecule has 1 aromatic carbocycles. The van der Waals surface area contributed by atoms with Crippen LogP contribution < -0.4 is 4.74 Å². The second-order valence-corrected chi connectivity index (χ2v) is 5.11. The molecule has 0 bridgehead atoms. The molecular weight excluding hydrogens is 278 g/mol. The molecule has 22 heavy (non-hydrogen) atoms. The van der Waals surface area contributed by atoms with Crippen molar-refractivity contribution in [3.8, 4) is 28.3 Å². The third kappa shape index (κ3) is 2.57. The molecule has 0 spiro atoms. The van der Waals surface area contributed by atoms with Crippen molar-refractivity contribution in [3.05, 3.63) is 47.6 Å². The average molecular weight is 295 g/mol. The maximum Gasteiger partial charge on any atom is 0.143 e. The van der Waals surface area contributed by atoms with Gasteiger partial charge in [-0.05, 0) is 51.1 Å². The highest BCUT2D eigenvalue weighted by atomic mass is 16.5. The number of benzene rings is 1. The van der Waals surface area contributed by atoms with Crippen molar-refractivity contribution in [3.63, 3.8) is 0 Å². The summed E-state index contributed by atoms with van der Waals surface area (Å²) in [5, 5.41) is 4.00. The highest BCUT2D eigenvalue weighted by Gasteiger charge is 2.15. The van der Waals surface area contributed by atoms with Gasteiger partial charge < -0.3 is 9.26 Å². The molecule has 112 valence electrons. The van der Waals surface area contributed by atoms with Gasteiger partial charge in [0.05, 0.1) is 29.8 Å². The Morgan fingerprint density at radius 1 is 0.955 bits per heavy atom. The summed E-state index contributed by atoms with van der Waals surface area (Å²) in [5.41, 5.74) is 4.47. The van der Waals surface area contributed by atoms with E-state index in [0.717, 1.165) is 39.7 Å². The zero-order valence-electron chi connectivity index (χ0n) is 13.0. The molecule has 0 aliphatic rings. The van der Waals surface area contributed by atoms with Crippen LogP contribution in [-0.2, 0) is 0 Å². The van der Waals surface area contributed by atoms with Crippen molar-refractivity contribution in [1.29, 1.82) is 0 Å². The second kappa shape index (κ2) is 5.60. The first-order chi connectivity index (χ1) is 10.6. The predicted molar refractivity (Wildman–Crippen MR) is 83.7 cm³/mol. The first kappa shape index (κ1) is 14.3. The van der Waals surface area contributed by atoms with E-state index in [-0.39, 0.29) is 0 Å². The van der Waals surface area contributed by atoms with E-state index in [0.29, 0.717) is 5.82 Å². The molecule has 0 radical (unpaired) electrons. The van der Waals surface area contributed by atoms with E-state index in [2.05, 4.69) is 15.1 Å². The van der Waals surface area contributed by atoms with Gasteiger partial charge in [-0.3, -0.25) is 0 Å². The molecule has 0 aliphatic heterocycles. The van der Waals surface area contributed by atoms with Crippen molar-refractivity contribution in [2.24, 2.45) is 0 Å². The standard InChI is InChI=1S/C17H17N3O2/c1-10-17(11(2)22-20-10)16-9-15(18-12(3)19-16)13-5-7-14(21-4)8-6-13/h5-9H,1-4H3. The SMILES string of the molecule is COc1ccc(-c2cc(-c3c(C)noc3C)nc(C)n2)cc1. The molecule has 0 saturated heterocycles. The lowest BCUT2D eigenvalue weighted by Crippen LogP contribution is -1.96. The zero-order valence-corrected chi connectivity index (χ0v) is 13.0. The minimum Gasteiger partial charge on any atom is -0.497 e. The van der Waals surface area contributed by atoms with Crippen LogP contribution in [0.4, 0.5) is 0 Å². The molecule has 2 aromatic heterocycles. The first-order valence-corrected chi connectivity index (χ1v) is 7.02. The topological polar surface area (TPSA) is 61.0 Å². The number of hydrogen-bond acceptors (Lipinski definition) is 5. The molecule has 0 unspecified atom stereocenters. The molecule has 0 atom stereocenters. The van der Waals surface area contributed by atoms with Gasteiger partial charge in [0.1, 0.15) is 17.3 Å². The monoisotopic (exact) mass is 295 g/mol. The van der Waals surface area contributed by atoms with Crippen LogP contribution in [0.3, 0.4) is 0 Å². The van der Waals surface area contributed by atoms with Crippen LogP contribution in [0.5, 0.6) is 5.75 Å². The van der Waals surface area contributed by atoms with E-state index in [4.69, 9.17) is 9.26 Å². The molecule has 0 amide bonds. The Labute approximate surface area is 129 Å². The van der Waals surface area contributed by atoms with E-state index < -0.39 is 0 Å². The van der Waals surface area contributed by atoms with Crippen LogP contribution >= 0.6 is 0 Å². The maximum atomic E-state index is 5.24. The maximum absolute atomic E-state index is 5.24. The van der Waals surface area contributed by atoms with E-state index in [1.54, 1.807) is 7.11 Å². The number of aromatic nitrogens is 3. The van der Waals surface area contributed by atoms with Gasteiger partial charge in [-0.15, -0.1) is 0 Å². The van der Waals surface area contributed by atoms with Crippen molar-refractivity contribution >= 4 is 0 Å². The minimum absolute atomic E-state index is 0.711. The Balaban J connectivity index is 2.10. The Morgan fingerprint density at radius 2 is 1.64 bits per heavy atom. The van der Waals surface area contributed by atoms with Crippen LogP contribution in [-0.4, -0.2) is 22.2 Å². The van der Waals surface area contributed by atoms with Crippen LogP contribution in [0.2, 0.25) is 0 Å². The predicted octanol–water partition coefficient (Wildman–Crippen LogP) is 3.73. The average Bonchev–Trinajstić information content (AvgIpc) is 2.86. The van der Waals surface area contributed by atoms with E-state index in [1.807, 2.05) is 51.1 Å². The fourth-order valence-corrected chi connectivity index (χ4v) is 2.45. The molecule has 5 heteroatoms. The van der Waals surface area contributed by atoms with Gasteiger partial charge in [0.15, 0.2) is 0 Å². The van der Waals surface area contributed by atoms with Gasteiger partial charge in [0, 0.05) is 5.56 Å². The summed E-state index contributed by atoms with van der Waals surface area (Å²) in [7, 11) is 1.65. The largest absolute Gasteiger partial charge is 0.497 e. The van der Waals surface area contributed by atoms with Gasteiger partial charge in [-0.1, -0.05) is 5.16 Å². The molecule has 3 aromatic rings. The van der Waals surface area contributed by atoms with Gasteiger partial charge in [-0.2, -0.15) is 0 Å². The van der Waals surface area contributed by atoms with E-state index in [1.165, 1.54) is 0 Å². The lowest BCUT2D eigenvalue weighted by Gasteiger charge is -2.07. The molecule has 0 saturated carbocycles. The molecule has 2 heterocycles. The normalized spacial score (nSPS) is 10.7. The Morgan fingerprint density at radius 3 is 2.23 bits per heavy atom. The summed E-state index contributed by atoms with van der Waals surface area (Å²) in [6, 6.07) is 9.77. The number of nitrogens with zero attached hydrogens (tertiary/aromatic N) is 3. The van der Waals surface area contributed by atoms with Crippen molar-refractivity contribution in [2.75, 3.05) is 7.11 Å². The molecular formula is C17H17N3O2. The molecule has 0 aliphatic carbocycles. The van der Waals surface area contributed by atoms with Crippen molar-refractivity contribution < 1.29 is 9.26 Å². The quantitative estimate of drug-likeness (QED) is 0.736. The fourth-order valence-electron chi connectivity index (χ4n) is 2.45. The molecule has 3 rings (SSSR count). The Hall–Kier alpha value is -2.69. The number of hydrogen-bond donors (Lipinski definition) is 0. The Kier molecular flexibility index (Phi) is 3.63. The van der Waals surface area contributed by atoms with Crippen molar-refractivity contribution in [1.82, 2.24) is 15.1 Å². The lowest BCUT2D eigenvalue weighted by molar-refractivity contribution is 0.393. The summed E-state index contributed by atoms with van der Waals surface area (Å²) >= 11 is 0. The lowest BCUT2D eigenvalue weighted by atomic mass is 10.1. The van der Waals surface area contributed by atoms with Crippen LogP contribution in [0.1, 0.15) is 17.3 Å². The molecule has 0 N–H and O–H groups in total. The van der Waals surface area contributed by atoms with Crippen LogP contribution in [0.15, 0.2) is 34.9 Å². The molecule has 0 fully saturated rings. The Bertz CT molecular complexity index is 788. The van der Waals surface area contributed by atoms with Gasteiger partial charge in [-0.25, -0.2) is 9.97 Å². The van der Waals surface area contributed by atoms with Crippen LogP contribution in [0.25, 0.3) is 22.5 Å². The number of ether oxygens (including phenoxy) is 1. The van der Waals surface area contributed by atoms with E-state index >= 15 is 0 Å². The summed E-state index contributed by atoms with van der Waals surface area (Å²) in [4.78, 5) is 9.05. The summed E-state index contributed by atoms with van der Waals surface area (Å²) in [6.45, 7) is 5.69. The van der Waals surface area contributed by atoms with Gasteiger partial charge in [0.25, 0.3) is 0 Å². The fraction of sp³-hybridized carbons (Fsp3) is 0.235. The third-order valence-electron chi connectivity index (χ3n) is 3.51. The highest BCUT2D eigenvalue weighted by molar-refractivity contribution is 5.70. The van der Waals surface area contributed by atoms with Crippen LogP contribution in [0, 0.1) is 20.8 Å². The highest BCUT2D eigenvalue weighted by Crippen LogP contribution is 2.29. The van der Waals surface area contributed by atoms with Gasteiger partial charge in [0.2, 0.25) is 0 Å². The number of methoxy groups -OCH3 is 1. The first-order valence-electron chi connectivity index (χ1n) is 7.02. The minimum atomic E-state index is 0.711. The van der Waals surface area contributed by atoms with Crippen molar-refractivity contribution in [2.45, 2.75) is 20.8 Å². The number of aryl methyl sites for hydroxylation is 3. The second-order valence-electron chi connectivity index (χ2n) is 5.11. The summed E-state index contributed by atoms with van der Waals surface area (Å²) in [6.07, 6.45) is 0. The molecule has 5 nitrogen and oxygen atoms in total. The third-order valence-corrected chi connectivity index (χ3v) is 3.51. The smallest absolute Gasteiger partial charge is 0.143 e.